The molecule has 248 valence electrons. The zero-order chi connectivity index (χ0) is 33.3. The molecule has 2 N–H and O–H groups in total. The van der Waals surface area contributed by atoms with Crippen LogP contribution in [0.15, 0.2) is 78.9 Å². The average molecular weight is 659 g/mol. The Balaban J connectivity index is 1.28. The summed E-state index contributed by atoms with van der Waals surface area (Å²) in [5.74, 6) is -1.02. The Morgan fingerprint density at radius 1 is 1.04 bits per heavy atom. The van der Waals surface area contributed by atoms with E-state index in [4.69, 9.17) is 4.74 Å². The summed E-state index contributed by atoms with van der Waals surface area (Å²) in [4.78, 5) is 45.9. The number of carbonyl (C=O) groups is 3. The van der Waals surface area contributed by atoms with Crippen molar-refractivity contribution in [2.45, 2.75) is 56.8 Å². The lowest BCUT2D eigenvalue weighted by Crippen LogP contribution is -2.48. The number of ether oxygens (including phenoxy) is 1. The van der Waals surface area contributed by atoms with Gasteiger partial charge in [-0.25, -0.2) is 0 Å². The summed E-state index contributed by atoms with van der Waals surface area (Å²) in [6.07, 6.45) is -0.903. The normalized spacial score (nSPS) is 24.2. The van der Waals surface area contributed by atoms with E-state index >= 15 is 4.11 Å². The van der Waals surface area contributed by atoms with Crippen LogP contribution >= 0.6 is 0 Å². The van der Waals surface area contributed by atoms with Crippen LogP contribution in [-0.2, 0) is 37.8 Å². The summed E-state index contributed by atoms with van der Waals surface area (Å²) in [7, 11) is -3.47. The Bertz CT molecular complexity index is 1620. The fourth-order valence-corrected chi connectivity index (χ4v) is 10.2. The van der Waals surface area contributed by atoms with Crippen LogP contribution in [0.25, 0.3) is 0 Å². The third-order valence-corrected chi connectivity index (χ3v) is 12.3. The second-order valence-corrected chi connectivity index (χ2v) is 17.1. The van der Waals surface area contributed by atoms with E-state index in [0.717, 1.165) is 23.4 Å². The van der Waals surface area contributed by atoms with Gasteiger partial charge >= 0.3 is 0 Å². The zero-order valence-corrected chi connectivity index (χ0v) is 28.2. The lowest BCUT2D eigenvalue weighted by atomic mass is 9.82. The van der Waals surface area contributed by atoms with E-state index in [0.29, 0.717) is 30.9 Å². The molecule has 0 bridgehead atoms. The number of aliphatic hydroxyl groups is 1. The number of piperazine rings is 1. The van der Waals surface area contributed by atoms with Crippen molar-refractivity contribution < 1.29 is 28.3 Å². The van der Waals surface area contributed by atoms with Gasteiger partial charge in [0.15, 0.2) is 5.60 Å². The van der Waals surface area contributed by atoms with Crippen molar-refractivity contribution in [1.29, 1.82) is 0 Å². The predicted octanol–water partition coefficient (Wildman–Crippen LogP) is 4.36. The second-order valence-electron chi connectivity index (χ2n) is 13.3. The number of carbonyl (C=O) groups excluding carboxylic acids is 3. The van der Waals surface area contributed by atoms with E-state index in [1.165, 1.54) is 0 Å². The first kappa shape index (κ1) is 33.0. The summed E-state index contributed by atoms with van der Waals surface area (Å²) in [5.41, 5.74) is 1.96. The number of fused-ring (bicyclic) bond motifs is 2. The smallest absolute Gasteiger partial charge is 0.264 e. The van der Waals surface area contributed by atoms with E-state index in [2.05, 4.69) is 5.32 Å². The summed E-state index contributed by atoms with van der Waals surface area (Å²) in [6.45, 7) is 7.28. The predicted molar refractivity (Wildman–Crippen MR) is 181 cm³/mol. The van der Waals surface area contributed by atoms with Crippen molar-refractivity contribution in [3.63, 3.8) is 0 Å². The van der Waals surface area contributed by atoms with Gasteiger partial charge < -0.3 is 34.0 Å². The van der Waals surface area contributed by atoms with Crippen molar-refractivity contribution in [3.8, 4) is 0 Å². The van der Waals surface area contributed by atoms with Crippen molar-refractivity contribution in [3.05, 3.63) is 95.6 Å². The lowest BCUT2D eigenvalue weighted by Gasteiger charge is -2.31. The minimum atomic E-state index is -3.47. The molecule has 4 atom stereocenters. The van der Waals surface area contributed by atoms with Gasteiger partial charge in [-0.05, 0) is 42.4 Å². The fraction of sp³-hybridized carbons (Fsp3) is 0.417. The van der Waals surface area contributed by atoms with Crippen molar-refractivity contribution >= 4 is 37.5 Å². The van der Waals surface area contributed by atoms with Gasteiger partial charge in [0, 0.05) is 48.9 Å². The summed E-state index contributed by atoms with van der Waals surface area (Å²) in [5, 5.41) is 12.8. The molecule has 0 aliphatic carbocycles. The molecule has 3 aliphatic rings. The van der Waals surface area contributed by atoms with E-state index in [9.17, 15) is 19.5 Å². The first-order valence-corrected chi connectivity index (χ1v) is 19.3. The quantitative estimate of drug-likeness (QED) is 0.248. The maximum absolute atomic E-state index is 16.3. The number of nitrogens with one attached hydrogen (secondary N) is 1. The van der Waals surface area contributed by atoms with Crippen LogP contribution < -0.4 is 15.1 Å². The highest BCUT2D eigenvalue weighted by Gasteiger charge is 2.67. The number of anilines is 2. The fourth-order valence-electron chi connectivity index (χ4n) is 7.72. The first-order valence-electron chi connectivity index (χ1n) is 16.4. The van der Waals surface area contributed by atoms with E-state index in [1.807, 2.05) is 85.8 Å². The van der Waals surface area contributed by atoms with Crippen molar-refractivity contribution in [2.75, 3.05) is 42.6 Å². The molecule has 0 radical (unpaired) electrons. The van der Waals surface area contributed by atoms with Gasteiger partial charge in [0.25, 0.3) is 5.91 Å². The Hall–Kier alpha value is -3.90. The molecule has 11 heteroatoms. The van der Waals surface area contributed by atoms with Gasteiger partial charge in [0.05, 0.1) is 37.9 Å². The minimum absolute atomic E-state index is 0.0171. The molecular formula is C36H43FN4O5Si. The minimum Gasteiger partial charge on any atom is -0.395 e. The standard InChI is InChI=1S/C36H43FN4O5Si/c1-25-34(47(2,3)37)31(21-32(43)39(19-20-42)23-26-9-5-4-6-10-26)46-36(25)29-11-7-8-12-30(29)41(35(36)45)24-27-13-15-28(16-14-27)40-18-17-38-22-33(40)44/h4-16,25,31,34,38,42H,17-24H2,1-3H3/t25-,31+,34-,36+/m0/s1. The van der Waals surface area contributed by atoms with Crippen LogP contribution in [0.4, 0.5) is 15.5 Å². The number of para-hydroxylation sites is 1. The topological polar surface area (TPSA) is 102 Å². The van der Waals surface area contributed by atoms with E-state index in [-0.39, 0.29) is 43.8 Å². The Morgan fingerprint density at radius 3 is 2.43 bits per heavy atom. The number of hydrogen-bond donors (Lipinski definition) is 2. The van der Waals surface area contributed by atoms with Gasteiger partial charge in [-0.1, -0.05) is 67.6 Å². The first-order chi connectivity index (χ1) is 22.5. The number of halogens is 1. The molecular weight excluding hydrogens is 616 g/mol. The third kappa shape index (κ3) is 6.25. The van der Waals surface area contributed by atoms with Crippen LogP contribution in [0.5, 0.6) is 0 Å². The summed E-state index contributed by atoms with van der Waals surface area (Å²) < 4.78 is 23.1. The maximum Gasteiger partial charge on any atom is 0.264 e. The highest BCUT2D eigenvalue weighted by molar-refractivity contribution is 6.72. The molecule has 6 rings (SSSR count). The van der Waals surface area contributed by atoms with Crippen LogP contribution in [-0.4, -0.2) is 75.0 Å². The number of rotatable bonds is 10. The van der Waals surface area contributed by atoms with Gasteiger partial charge in [-0.3, -0.25) is 14.4 Å². The highest BCUT2D eigenvalue weighted by atomic mass is 28.4. The van der Waals surface area contributed by atoms with Crippen LogP contribution in [0.1, 0.15) is 30.0 Å². The molecule has 47 heavy (non-hydrogen) atoms. The lowest BCUT2D eigenvalue weighted by molar-refractivity contribution is -0.150. The number of benzene rings is 3. The molecule has 9 nitrogen and oxygen atoms in total. The maximum atomic E-state index is 16.3. The average Bonchev–Trinajstić information content (AvgIpc) is 3.48. The van der Waals surface area contributed by atoms with E-state index < -0.39 is 31.6 Å². The highest BCUT2D eigenvalue weighted by Crippen LogP contribution is 2.60. The van der Waals surface area contributed by atoms with Gasteiger partial charge in [0.1, 0.15) is 0 Å². The van der Waals surface area contributed by atoms with Crippen LogP contribution in [0.3, 0.4) is 0 Å². The number of nitrogens with zero attached hydrogens (tertiary/aromatic N) is 3. The molecule has 2 saturated heterocycles. The molecule has 3 aromatic carbocycles. The monoisotopic (exact) mass is 658 g/mol. The SMILES string of the molecule is C[C@H]1[C@H]([Si](C)(C)F)[C@@H](CC(=O)N(CCO)Cc2ccccc2)O[C@]12C(=O)N(Cc1ccc(N3CCNCC3=O)cc1)c1ccccc12. The van der Waals surface area contributed by atoms with Crippen LogP contribution in [0.2, 0.25) is 18.6 Å². The van der Waals surface area contributed by atoms with E-state index in [1.54, 1.807) is 27.8 Å². The largest absolute Gasteiger partial charge is 0.395 e. The Kier molecular flexibility index (Phi) is 9.35. The third-order valence-electron chi connectivity index (χ3n) is 9.86. The molecule has 3 aliphatic heterocycles. The van der Waals surface area contributed by atoms with Crippen LogP contribution in [0, 0.1) is 5.92 Å². The van der Waals surface area contributed by atoms with Crippen molar-refractivity contribution in [1.82, 2.24) is 10.2 Å². The molecule has 3 aromatic rings. The Morgan fingerprint density at radius 2 is 1.74 bits per heavy atom. The molecule has 0 unspecified atom stereocenters. The summed E-state index contributed by atoms with van der Waals surface area (Å²) in [6, 6.07) is 24.7. The number of hydrogen-bond acceptors (Lipinski definition) is 6. The zero-order valence-electron chi connectivity index (χ0n) is 27.2. The summed E-state index contributed by atoms with van der Waals surface area (Å²) >= 11 is 0. The van der Waals surface area contributed by atoms with Gasteiger partial charge in [0.2, 0.25) is 20.2 Å². The van der Waals surface area contributed by atoms with Gasteiger partial charge in [-0.15, -0.1) is 0 Å². The van der Waals surface area contributed by atoms with Gasteiger partial charge in [-0.2, -0.15) is 0 Å². The molecule has 0 aromatic heterocycles. The molecule has 3 amide bonds. The molecule has 1 spiro atoms. The van der Waals surface area contributed by atoms with Crippen molar-refractivity contribution in [2.24, 2.45) is 5.92 Å². The molecule has 2 fully saturated rings. The number of aliphatic hydroxyl groups excluding tert-OH is 1. The number of amides is 3. The Labute approximate surface area is 276 Å². The molecule has 0 saturated carbocycles. The molecule has 3 heterocycles. The second kappa shape index (κ2) is 13.3.